The Kier molecular flexibility index (Phi) is 7.15. The normalized spacial score (nSPS) is 27.5. The molecule has 0 bridgehead atoms. The zero-order valence-corrected chi connectivity index (χ0v) is 11.9. The maximum absolute atomic E-state index is 10.7. The number of ether oxygens (including phenoxy) is 2. The summed E-state index contributed by atoms with van der Waals surface area (Å²) in [5, 5.41) is 45.9. The first-order chi connectivity index (χ1) is 10.5. The van der Waals surface area contributed by atoms with E-state index >= 15 is 0 Å². The van der Waals surface area contributed by atoms with Crippen LogP contribution < -0.4 is 4.74 Å². The highest BCUT2D eigenvalue weighted by atomic mass is 16.7. The van der Waals surface area contributed by atoms with Crippen molar-refractivity contribution >= 4 is 5.69 Å². The summed E-state index contributed by atoms with van der Waals surface area (Å²) in [6, 6.07) is 5.53. The van der Waals surface area contributed by atoms with Gasteiger partial charge in [-0.15, -0.1) is 0 Å². The molecule has 1 aliphatic rings. The monoisotopic (exact) mass is 317 g/mol. The van der Waals surface area contributed by atoms with E-state index in [9.17, 15) is 20.3 Å². The number of rotatable bonds is 4. The van der Waals surface area contributed by atoms with Crippen LogP contribution in [0.25, 0.3) is 0 Å². The van der Waals surface area contributed by atoms with Crippen molar-refractivity contribution in [1.29, 1.82) is 0 Å². The minimum atomic E-state index is -1.19. The Morgan fingerprint density at radius 2 is 2.09 bits per heavy atom. The highest BCUT2D eigenvalue weighted by Gasteiger charge is 2.37. The number of benzene rings is 1. The number of nitrogens with zero attached hydrogens (tertiary/aromatic N) is 1. The van der Waals surface area contributed by atoms with E-state index in [1.165, 1.54) is 24.3 Å². The van der Waals surface area contributed by atoms with Crippen molar-refractivity contribution in [1.82, 2.24) is 0 Å². The standard InChI is InChI=1S/C12H15NO7.CH4O/c14-6-10-12(16)9(15)5-11(20-10)19-8-3-1-2-7(4-8)13(17)18;1-2/h1-4,9-12,14-16H,5-6H2;2H,1H3/t9-,10?,11-,12+;/m1./s1. The number of hydrogen-bond donors (Lipinski definition) is 4. The summed E-state index contributed by atoms with van der Waals surface area (Å²) >= 11 is 0. The number of non-ortho nitro benzene ring substituents is 1. The van der Waals surface area contributed by atoms with Gasteiger partial charge in [-0.1, -0.05) is 6.07 Å². The minimum Gasteiger partial charge on any atom is -0.465 e. The molecular formula is C13H19NO8. The molecule has 1 heterocycles. The Labute approximate surface area is 126 Å². The molecule has 1 aromatic rings. The first-order valence-electron chi connectivity index (χ1n) is 6.49. The molecule has 1 aliphatic heterocycles. The lowest BCUT2D eigenvalue weighted by Crippen LogP contribution is -2.51. The third-order valence-corrected chi connectivity index (χ3v) is 3.01. The average Bonchev–Trinajstić information content (AvgIpc) is 2.53. The van der Waals surface area contributed by atoms with Gasteiger partial charge in [-0.25, -0.2) is 0 Å². The summed E-state index contributed by atoms with van der Waals surface area (Å²) in [6.07, 6.45) is -4.13. The third kappa shape index (κ3) is 4.61. The molecule has 0 amide bonds. The number of nitro benzene ring substituents is 1. The van der Waals surface area contributed by atoms with Gasteiger partial charge in [0.1, 0.15) is 18.0 Å². The van der Waals surface area contributed by atoms with Crippen LogP contribution in [-0.4, -0.2) is 63.7 Å². The van der Waals surface area contributed by atoms with Crippen molar-refractivity contribution in [3.63, 3.8) is 0 Å². The zero-order chi connectivity index (χ0) is 16.7. The predicted molar refractivity (Wildman–Crippen MR) is 74.2 cm³/mol. The van der Waals surface area contributed by atoms with E-state index < -0.39 is 36.1 Å². The smallest absolute Gasteiger partial charge is 0.273 e. The Morgan fingerprint density at radius 3 is 2.68 bits per heavy atom. The van der Waals surface area contributed by atoms with E-state index in [0.29, 0.717) is 0 Å². The van der Waals surface area contributed by atoms with E-state index in [4.69, 9.17) is 19.7 Å². The highest BCUT2D eigenvalue weighted by Crippen LogP contribution is 2.25. The first-order valence-corrected chi connectivity index (χ1v) is 6.49. The van der Waals surface area contributed by atoms with Crippen LogP contribution in [0.5, 0.6) is 5.75 Å². The topological polar surface area (TPSA) is 143 Å². The van der Waals surface area contributed by atoms with Crippen LogP contribution in [-0.2, 0) is 4.74 Å². The summed E-state index contributed by atoms with van der Waals surface area (Å²) < 4.78 is 10.7. The fraction of sp³-hybridized carbons (Fsp3) is 0.538. The highest BCUT2D eigenvalue weighted by molar-refractivity contribution is 5.38. The van der Waals surface area contributed by atoms with E-state index in [2.05, 4.69) is 0 Å². The SMILES string of the molecule is CO.O=[N+]([O-])c1cccc(O[C@H]2C[C@@H](O)[C@H](O)C(CO)O2)c1. The summed E-state index contributed by atoms with van der Waals surface area (Å²) in [7, 11) is 1.00. The lowest BCUT2D eigenvalue weighted by molar-refractivity contribution is -0.385. The molecule has 124 valence electrons. The molecule has 9 nitrogen and oxygen atoms in total. The lowest BCUT2D eigenvalue weighted by Gasteiger charge is -2.36. The zero-order valence-electron chi connectivity index (χ0n) is 11.9. The molecule has 1 saturated heterocycles. The molecule has 1 aromatic carbocycles. The van der Waals surface area contributed by atoms with E-state index in [-0.39, 0.29) is 17.9 Å². The molecule has 0 saturated carbocycles. The van der Waals surface area contributed by atoms with Crippen molar-refractivity contribution in [3.05, 3.63) is 34.4 Å². The van der Waals surface area contributed by atoms with Crippen molar-refractivity contribution in [2.24, 2.45) is 0 Å². The van der Waals surface area contributed by atoms with Gasteiger partial charge in [0.15, 0.2) is 0 Å². The average molecular weight is 317 g/mol. The molecule has 0 radical (unpaired) electrons. The Bertz CT molecular complexity index is 483. The maximum Gasteiger partial charge on any atom is 0.273 e. The minimum absolute atomic E-state index is 0.000356. The van der Waals surface area contributed by atoms with Gasteiger partial charge in [-0.05, 0) is 6.07 Å². The maximum atomic E-state index is 10.7. The van der Waals surface area contributed by atoms with Crippen LogP contribution in [0.15, 0.2) is 24.3 Å². The summed E-state index contributed by atoms with van der Waals surface area (Å²) in [6.45, 7) is -0.465. The van der Waals surface area contributed by atoms with Crippen LogP contribution in [0.1, 0.15) is 6.42 Å². The van der Waals surface area contributed by atoms with Crippen molar-refractivity contribution in [2.45, 2.75) is 31.0 Å². The fourth-order valence-corrected chi connectivity index (χ4v) is 1.96. The largest absolute Gasteiger partial charge is 0.465 e. The van der Waals surface area contributed by atoms with E-state index in [1.807, 2.05) is 0 Å². The van der Waals surface area contributed by atoms with Crippen LogP contribution in [0.2, 0.25) is 0 Å². The number of nitro groups is 1. The third-order valence-electron chi connectivity index (χ3n) is 3.01. The molecule has 9 heteroatoms. The number of aliphatic hydroxyl groups is 4. The number of aliphatic hydroxyl groups excluding tert-OH is 4. The van der Waals surface area contributed by atoms with Crippen LogP contribution >= 0.6 is 0 Å². The van der Waals surface area contributed by atoms with Crippen LogP contribution in [0, 0.1) is 10.1 Å². The second kappa shape index (κ2) is 8.61. The summed E-state index contributed by atoms with van der Waals surface area (Å²) in [5.74, 6) is 0.212. The van der Waals surface area contributed by atoms with Crippen molar-refractivity contribution < 1.29 is 34.8 Å². The summed E-state index contributed by atoms with van der Waals surface area (Å²) in [4.78, 5) is 10.1. The van der Waals surface area contributed by atoms with Crippen molar-refractivity contribution in [2.75, 3.05) is 13.7 Å². The van der Waals surface area contributed by atoms with Gasteiger partial charge in [0.25, 0.3) is 5.69 Å². The molecule has 22 heavy (non-hydrogen) atoms. The van der Waals surface area contributed by atoms with Gasteiger partial charge >= 0.3 is 0 Å². The molecule has 1 unspecified atom stereocenters. The second-order valence-corrected chi connectivity index (χ2v) is 4.45. The molecule has 4 N–H and O–H groups in total. The lowest BCUT2D eigenvalue weighted by atomic mass is 10.0. The molecule has 0 aromatic heterocycles. The molecular weight excluding hydrogens is 298 g/mol. The second-order valence-electron chi connectivity index (χ2n) is 4.45. The van der Waals surface area contributed by atoms with Crippen molar-refractivity contribution in [3.8, 4) is 5.75 Å². The van der Waals surface area contributed by atoms with Crippen LogP contribution in [0.4, 0.5) is 5.69 Å². The summed E-state index contributed by atoms with van der Waals surface area (Å²) in [5.41, 5.74) is -0.127. The molecule has 2 rings (SSSR count). The quantitative estimate of drug-likeness (QED) is 0.426. The van der Waals surface area contributed by atoms with Gasteiger partial charge in [-0.3, -0.25) is 10.1 Å². The molecule has 1 fully saturated rings. The Morgan fingerprint density at radius 1 is 1.41 bits per heavy atom. The van der Waals surface area contributed by atoms with Gasteiger partial charge in [0.2, 0.25) is 6.29 Å². The molecule has 0 aliphatic carbocycles. The van der Waals surface area contributed by atoms with Crippen LogP contribution in [0.3, 0.4) is 0 Å². The molecule has 0 spiro atoms. The predicted octanol–water partition coefficient (Wildman–Crippen LogP) is -0.589. The van der Waals surface area contributed by atoms with Gasteiger partial charge < -0.3 is 29.9 Å². The van der Waals surface area contributed by atoms with Gasteiger partial charge in [0.05, 0.1) is 23.7 Å². The van der Waals surface area contributed by atoms with Gasteiger partial charge in [0, 0.05) is 19.6 Å². The molecule has 4 atom stereocenters. The number of hydrogen-bond acceptors (Lipinski definition) is 8. The fourth-order valence-electron chi connectivity index (χ4n) is 1.96. The van der Waals surface area contributed by atoms with E-state index in [0.717, 1.165) is 7.11 Å². The Hall–Kier alpha value is -1.78. The van der Waals surface area contributed by atoms with Gasteiger partial charge in [-0.2, -0.15) is 0 Å². The Balaban J connectivity index is 0.00000116. The van der Waals surface area contributed by atoms with E-state index in [1.54, 1.807) is 0 Å². The first kappa shape index (κ1) is 18.3.